The molecule has 2 rings (SSSR count). The number of nitrogens with zero attached hydrogens (tertiary/aromatic N) is 1. The number of halogens is 1. The highest BCUT2D eigenvalue weighted by Crippen LogP contribution is 2.20. The van der Waals surface area contributed by atoms with Gasteiger partial charge in [0.2, 0.25) is 10.0 Å². The van der Waals surface area contributed by atoms with Gasteiger partial charge in [-0.25, -0.2) is 12.8 Å². The fraction of sp³-hybridized carbons (Fsp3) is 0.143. The second-order valence-electron chi connectivity index (χ2n) is 4.44. The van der Waals surface area contributed by atoms with E-state index in [1.165, 1.54) is 25.2 Å². The third kappa shape index (κ3) is 2.97. The Hall–Kier alpha value is -1.92. The van der Waals surface area contributed by atoms with E-state index in [1.54, 1.807) is 24.3 Å². The van der Waals surface area contributed by atoms with Crippen LogP contribution in [0.15, 0.2) is 53.4 Å². The molecule has 2 N–H and O–H groups in total. The zero-order valence-electron chi connectivity index (χ0n) is 11.0. The molecule has 0 unspecified atom stereocenters. The molecular formula is C14H15FN2O2S. The lowest BCUT2D eigenvalue weighted by Crippen LogP contribution is -2.27. The van der Waals surface area contributed by atoms with Gasteiger partial charge in [0, 0.05) is 19.3 Å². The maximum absolute atomic E-state index is 13.6. The summed E-state index contributed by atoms with van der Waals surface area (Å²) in [7, 11) is -2.46. The average molecular weight is 294 g/mol. The third-order valence-corrected chi connectivity index (χ3v) is 4.72. The Bertz CT molecular complexity index is 717. The second-order valence-corrected chi connectivity index (χ2v) is 6.45. The molecule has 2 aromatic rings. The Labute approximate surface area is 117 Å². The molecule has 20 heavy (non-hydrogen) atoms. The van der Waals surface area contributed by atoms with Crippen LogP contribution in [0.5, 0.6) is 0 Å². The molecule has 0 amide bonds. The Morgan fingerprint density at radius 1 is 1.15 bits per heavy atom. The summed E-state index contributed by atoms with van der Waals surface area (Å²) < 4.78 is 39.3. The van der Waals surface area contributed by atoms with Crippen LogP contribution in [0.2, 0.25) is 0 Å². The Balaban J connectivity index is 2.29. The summed E-state index contributed by atoms with van der Waals surface area (Å²) in [6.07, 6.45) is 0. The van der Waals surface area contributed by atoms with E-state index in [0.29, 0.717) is 5.69 Å². The number of nitrogen functional groups attached to an aromatic ring is 1. The summed E-state index contributed by atoms with van der Waals surface area (Å²) in [6, 6.07) is 12.2. The van der Waals surface area contributed by atoms with Crippen molar-refractivity contribution >= 4 is 15.7 Å². The smallest absolute Gasteiger partial charge is 0.246 e. The summed E-state index contributed by atoms with van der Waals surface area (Å²) in [5.41, 5.74) is 6.95. The molecule has 0 radical (unpaired) electrons. The van der Waals surface area contributed by atoms with Crippen LogP contribution < -0.4 is 5.73 Å². The fourth-order valence-electron chi connectivity index (χ4n) is 1.86. The number of anilines is 1. The lowest BCUT2D eigenvalue weighted by molar-refractivity contribution is 0.460. The first-order valence-corrected chi connectivity index (χ1v) is 7.40. The number of rotatable bonds is 4. The number of hydrogen-bond acceptors (Lipinski definition) is 3. The molecular weight excluding hydrogens is 279 g/mol. The van der Waals surface area contributed by atoms with Crippen LogP contribution in [-0.4, -0.2) is 19.8 Å². The molecule has 0 fully saturated rings. The monoisotopic (exact) mass is 294 g/mol. The van der Waals surface area contributed by atoms with Crippen molar-refractivity contribution in [2.75, 3.05) is 12.8 Å². The SMILES string of the molecule is CN(Cc1cccc(N)c1)S(=O)(=O)c1ccccc1F. The van der Waals surface area contributed by atoms with Gasteiger partial charge in [-0.3, -0.25) is 0 Å². The van der Waals surface area contributed by atoms with E-state index in [0.717, 1.165) is 15.9 Å². The number of benzene rings is 2. The highest BCUT2D eigenvalue weighted by molar-refractivity contribution is 7.89. The van der Waals surface area contributed by atoms with Gasteiger partial charge in [-0.2, -0.15) is 4.31 Å². The van der Waals surface area contributed by atoms with Gasteiger partial charge in [0.25, 0.3) is 0 Å². The van der Waals surface area contributed by atoms with Gasteiger partial charge in [-0.15, -0.1) is 0 Å². The Morgan fingerprint density at radius 2 is 1.85 bits per heavy atom. The maximum atomic E-state index is 13.6. The highest BCUT2D eigenvalue weighted by Gasteiger charge is 2.24. The first-order chi connectivity index (χ1) is 9.41. The van der Waals surface area contributed by atoms with Crippen molar-refractivity contribution in [3.8, 4) is 0 Å². The third-order valence-electron chi connectivity index (χ3n) is 2.88. The average Bonchev–Trinajstić information content (AvgIpc) is 2.39. The van der Waals surface area contributed by atoms with Crippen LogP contribution >= 0.6 is 0 Å². The molecule has 0 atom stereocenters. The van der Waals surface area contributed by atoms with E-state index in [1.807, 2.05) is 0 Å². The summed E-state index contributed by atoms with van der Waals surface area (Å²) >= 11 is 0. The van der Waals surface area contributed by atoms with Crippen LogP contribution in [0.25, 0.3) is 0 Å². The highest BCUT2D eigenvalue weighted by atomic mass is 32.2. The van der Waals surface area contributed by atoms with Crippen molar-refractivity contribution in [1.82, 2.24) is 4.31 Å². The van der Waals surface area contributed by atoms with E-state index in [9.17, 15) is 12.8 Å². The van der Waals surface area contributed by atoms with Gasteiger partial charge in [0.15, 0.2) is 0 Å². The van der Waals surface area contributed by atoms with E-state index in [2.05, 4.69) is 0 Å². The zero-order chi connectivity index (χ0) is 14.8. The Morgan fingerprint density at radius 3 is 2.50 bits per heavy atom. The lowest BCUT2D eigenvalue weighted by atomic mass is 10.2. The number of nitrogens with two attached hydrogens (primary N) is 1. The normalized spacial score (nSPS) is 11.8. The van der Waals surface area contributed by atoms with E-state index in [4.69, 9.17) is 5.73 Å². The van der Waals surface area contributed by atoms with Crippen molar-refractivity contribution in [2.24, 2.45) is 0 Å². The summed E-state index contributed by atoms with van der Waals surface area (Å²) in [5, 5.41) is 0. The Kier molecular flexibility index (Phi) is 4.06. The predicted molar refractivity (Wildman–Crippen MR) is 75.9 cm³/mol. The minimum atomic E-state index is -3.86. The minimum absolute atomic E-state index is 0.127. The fourth-order valence-corrected chi connectivity index (χ4v) is 3.08. The maximum Gasteiger partial charge on any atom is 0.246 e. The molecule has 0 aromatic heterocycles. The summed E-state index contributed by atoms with van der Waals surface area (Å²) in [6.45, 7) is 0.127. The predicted octanol–water partition coefficient (Wildman–Crippen LogP) is 2.23. The van der Waals surface area contributed by atoms with Gasteiger partial charge in [-0.05, 0) is 29.8 Å². The van der Waals surface area contributed by atoms with Crippen molar-refractivity contribution in [2.45, 2.75) is 11.4 Å². The molecule has 0 saturated heterocycles. The molecule has 0 aliphatic carbocycles. The number of hydrogen-bond donors (Lipinski definition) is 1. The summed E-state index contributed by atoms with van der Waals surface area (Å²) in [4.78, 5) is -0.327. The van der Waals surface area contributed by atoms with E-state index in [-0.39, 0.29) is 11.4 Å². The molecule has 0 saturated carbocycles. The van der Waals surface area contributed by atoms with E-state index < -0.39 is 15.8 Å². The minimum Gasteiger partial charge on any atom is -0.399 e. The molecule has 0 aliphatic heterocycles. The molecule has 0 aliphatic rings. The van der Waals surface area contributed by atoms with Gasteiger partial charge in [-0.1, -0.05) is 24.3 Å². The van der Waals surface area contributed by atoms with Crippen LogP contribution in [-0.2, 0) is 16.6 Å². The van der Waals surface area contributed by atoms with Gasteiger partial charge in [0.1, 0.15) is 10.7 Å². The lowest BCUT2D eigenvalue weighted by Gasteiger charge is -2.17. The molecule has 4 nitrogen and oxygen atoms in total. The molecule has 2 aromatic carbocycles. The van der Waals surface area contributed by atoms with Crippen LogP contribution in [0.1, 0.15) is 5.56 Å². The zero-order valence-corrected chi connectivity index (χ0v) is 11.8. The molecule has 0 spiro atoms. The largest absolute Gasteiger partial charge is 0.399 e. The van der Waals surface area contributed by atoms with Crippen molar-refractivity contribution in [3.05, 3.63) is 59.9 Å². The number of sulfonamides is 1. The van der Waals surface area contributed by atoms with Crippen LogP contribution in [0, 0.1) is 5.82 Å². The van der Waals surface area contributed by atoms with Crippen LogP contribution in [0.3, 0.4) is 0 Å². The standard InChI is InChI=1S/C14H15FN2O2S/c1-17(10-11-5-4-6-12(16)9-11)20(18,19)14-8-3-2-7-13(14)15/h2-9H,10,16H2,1H3. The van der Waals surface area contributed by atoms with Gasteiger partial charge >= 0.3 is 0 Å². The molecule has 0 heterocycles. The second kappa shape index (κ2) is 5.60. The van der Waals surface area contributed by atoms with Gasteiger partial charge < -0.3 is 5.73 Å². The first-order valence-electron chi connectivity index (χ1n) is 5.96. The molecule has 6 heteroatoms. The van der Waals surface area contributed by atoms with Crippen molar-refractivity contribution in [1.29, 1.82) is 0 Å². The molecule has 0 bridgehead atoms. The van der Waals surface area contributed by atoms with E-state index >= 15 is 0 Å². The molecule has 106 valence electrons. The van der Waals surface area contributed by atoms with Crippen LogP contribution in [0.4, 0.5) is 10.1 Å². The first kappa shape index (κ1) is 14.5. The van der Waals surface area contributed by atoms with Crippen molar-refractivity contribution < 1.29 is 12.8 Å². The summed E-state index contributed by atoms with van der Waals surface area (Å²) in [5.74, 6) is -0.757. The quantitative estimate of drug-likeness (QED) is 0.880. The van der Waals surface area contributed by atoms with Gasteiger partial charge in [0.05, 0.1) is 0 Å². The van der Waals surface area contributed by atoms with Crippen molar-refractivity contribution in [3.63, 3.8) is 0 Å². The topological polar surface area (TPSA) is 63.4 Å².